The highest BCUT2D eigenvalue weighted by Crippen LogP contribution is 2.19. The molecule has 0 aromatic carbocycles. The second-order valence-electron chi connectivity index (χ2n) is 6.01. The number of likely N-dealkylation sites (tertiary alicyclic amines) is 1. The van der Waals surface area contributed by atoms with Crippen LogP contribution in [0.2, 0.25) is 0 Å². The molecule has 0 saturated carbocycles. The Bertz CT molecular complexity index is 262. The van der Waals surface area contributed by atoms with Crippen LogP contribution in [0.4, 0.5) is 0 Å². The number of carbonyl (C=O) groups is 1. The lowest BCUT2D eigenvalue weighted by Crippen LogP contribution is -2.42. The van der Waals surface area contributed by atoms with E-state index in [0.717, 1.165) is 18.9 Å². The van der Waals surface area contributed by atoms with Crippen LogP contribution in [0, 0.1) is 5.92 Å². The number of hydrogen-bond donors (Lipinski definition) is 2. The molecule has 19 heavy (non-hydrogen) atoms. The molecule has 2 N–H and O–H groups in total. The second-order valence-corrected chi connectivity index (χ2v) is 6.01. The Morgan fingerprint density at radius 1 is 1.32 bits per heavy atom. The van der Waals surface area contributed by atoms with Crippen molar-refractivity contribution in [3.8, 4) is 0 Å². The van der Waals surface area contributed by atoms with Crippen molar-refractivity contribution in [3.05, 3.63) is 0 Å². The highest BCUT2D eigenvalue weighted by Gasteiger charge is 2.21. The number of nitrogens with one attached hydrogen (secondary N) is 2. The van der Waals surface area contributed by atoms with Gasteiger partial charge >= 0.3 is 0 Å². The topological polar surface area (TPSA) is 44.4 Å². The standard InChI is InChI=1S/C15H31N3O/c1-5-12(2)17-15(19)6-9-16-13(3)14-7-10-18(4)11-8-14/h12-14,16H,5-11H2,1-4H3,(H,17,19). The molecule has 4 heteroatoms. The third kappa shape index (κ3) is 6.39. The summed E-state index contributed by atoms with van der Waals surface area (Å²) in [6.45, 7) is 9.58. The third-order valence-electron chi connectivity index (χ3n) is 4.31. The fourth-order valence-electron chi connectivity index (χ4n) is 2.56. The minimum atomic E-state index is 0.164. The molecule has 0 bridgehead atoms. The van der Waals surface area contributed by atoms with Gasteiger partial charge in [0.1, 0.15) is 0 Å². The largest absolute Gasteiger partial charge is 0.354 e. The van der Waals surface area contributed by atoms with Gasteiger partial charge in [0.15, 0.2) is 0 Å². The summed E-state index contributed by atoms with van der Waals surface area (Å²) in [6, 6.07) is 0.809. The molecule has 2 atom stereocenters. The lowest BCUT2D eigenvalue weighted by Gasteiger charge is -2.33. The third-order valence-corrected chi connectivity index (χ3v) is 4.31. The van der Waals surface area contributed by atoms with Crippen molar-refractivity contribution in [1.82, 2.24) is 15.5 Å². The maximum atomic E-state index is 11.7. The van der Waals surface area contributed by atoms with E-state index in [1.807, 2.05) is 6.92 Å². The molecule has 0 spiro atoms. The molecular formula is C15H31N3O. The van der Waals surface area contributed by atoms with Gasteiger partial charge in [-0.15, -0.1) is 0 Å². The lowest BCUT2D eigenvalue weighted by atomic mass is 9.90. The van der Waals surface area contributed by atoms with Gasteiger partial charge in [-0.05, 0) is 59.2 Å². The van der Waals surface area contributed by atoms with Crippen molar-refractivity contribution < 1.29 is 4.79 Å². The minimum Gasteiger partial charge on any atom is -0.354 e. The van der Waals surface area contributed by atoms with E-state index in [2.05, 4.69) is 36.4 Å². The summed E-state index contributed by atoms with van der Waals surface area (Å²) in [6.07, 6.45) is 4.11. The van der Waals surface area contributed by atoms with E-state index in [1.54, 1.807) is 0 Å². The minimum absolute atomic E-state index is 0.164. The molecule has 1 saturated heterocycles. The maximum absolute atomic E-state index is 11.7. The average molecular weight is 269 g/mol. The van der Waals surface area contributed by atoms with E-state index in [-0.39, 0.29) is 5.91 Å². The fourth-order valence-corrected chi connectivity index (χ4v) is 2.56. The summed E-state index contributed by atoms with van der Waals surface area (Å²) >= 11 is 0. The van der Waals surface area contributed by atoms with E-state index in [1.165, 1.54) is 25.9 Å². The van der Waals surface area contributed by atoms with E-state index in [9.17, 15) is 4.79 Å². The van der Waals surface area contributed by atoms with Crippen LogP contribution in [0.1, 0.15) is 46.5 Å². The summed E-state index contributed by atoms with van der Waals surface area (Å²) in [4.78, 5) is 14.0. The predicted molar refractivity (Wildman–Crippen MR) is 80.2 cm³/mol. The van der Waals surface area contributed by atoms with Crippen LogP contribution in [0.5, 0.6) is 0 Å². The van der Waals surface area contributed by atoms with Gasteiger partial charge in [-0.3, -0.25) is 4.79 Å². The molecule has 0 aliphatic carbocycles. The van der Waals surface area contributed by atoms with E-state index in [4.69, 9.17) is 0 Å². The smallest absolute Gasteiger partial charge is 0.221 e. The Kier molecular flexibility index (Phi) is 7.39. The number of hydrogen-bond acceptors (Lipinski definition) is 3. The van der Waals surface area contributed by atoms with Crippen molar-refractivity contribution in [2.24, 2.45) is 5.92 Å². The normalized spacial score (nSPS) is 21.1. The molecule has 112 valence electrons. The summed E-state index contributed by atoms with van der Waals surface area (Å²) in [5.74, 6) is 0.922. The molecule has 2 unspecified atom stereocenters. The number of carbonyl (C=O) groups excluding carboxylic acids is 1. The van der Waals surface area contributed by atoms with E-state index in [0.29, 0.717) is 18.5 Å². The summed E-state index contributed by atoms with van der Waals surface area (Å²) in [5, 5.41) is 6.51. The van der Waals surface area contributed by atoms with E-state index < -0.39 is 0 Å². The maximum Gasteiger partial charge on any atom is 0.221 e. The van der Waals surface area contributed by atoms with Gasteiger partial charge in [0.25, 0.3) is 0 Å². The fraction of sp³-hybridized carbons (Fsp3) is 0.933. The van der Waals surface area contributed by atoms with Crippen molar-refractivity contribution in [3.63, 3.8) is 0 Å². The van der Waals surface area contributed by atoms with Crippen LogP contribution in [0.25, 0.3) is 0 Å². The van der Waals surface area contributed by atoms with Crippen molar-refractivity contribution in [1.29, 1.82) is 0 Å². The Labute approximate surface area is 118 Å². The summed E-state index contributed by atoms with van der Waals surface area (Å²) in [7, 11) is 2.19. The number of amides is 1. The number of rotatable bonds is 7. The van der Waals surface area contributed by atoms with Crippen LogP contribution in [-0.2, 0) is 4.79 Å². The van der Waals surface area contributed by atoms with Gasteiger partial charge in [-0.25, -0.2) is 0 Å². The highest BCUT2D eigenvalue weighted by atomic mass is 16.1. The molecule has 4 nitrogen and oxygen atoms in total. The molecule has 0 aromatic rings. The number of piperidine rings is 1. The van der Waals surface area contributed by atoms with Gasteiger partial charge < -0.3 is 15.5 Å². The predicted octanol–water partition coefficient (Wildman–Crippen LogP) is 1.61. The van der Waals surface area contributed by atoms with Crippen LogP contribution in [0.3, 0.4) is 0 Å². The van der Waals surface area contributed by atoms with Crippen molar-refractivity contribution >= 4 is 5.91 Å². The Hall–Kier alpha value is -0.610. The van der Waals surface area contributed by atoms with E-state index >= 15 is 0 Å². The lowest BCUT2D eigenvalue weighted by molar-refractivity contribution is -0.121. The molecule has 1 aliphatic heterocycles. The first-order valence-corrected chi connectivity index (χ1v) is 7.74. The molecule has 1 aliphatic rings. The SMILES string of the molecule is CCC(C)NC(=O)CCNC(C)C1CCN(C)CC1. The molecule has 1 amide bonds. The average Bonchev–Trinajstić information content (AvgIpc) is 2.39. The van der Waals surface area contributed by atoms with Gasteiger partial charge in [0.2, 0.25) is 5.91 Å². The van der Waals surface area contributed by atoms with Gasteiger partial charge in [0.05, 0.1) is 0 Å². The Morgan fingerprint density at radius 3 is 2.53 bits per heavy atom. The zero-order valence-corrected chi connectivity index (χ0v) is 13.0. The molecule has 1 rings (SSSR count). The first-order valence-electron chi connectivity index (χ1n) is 7.74. The first-order chi connectivity index (χ1) is 9.02. The summed E-state index contributed by atoms with van der Waals surface area (Å²) in [5.41, 5.74) is 0. The Balaban J connectivity index is 2.13. The zero-order chi connectivity index (χ0) is 14.3. The zero-order valence-electron chi connectivity index (χ0n) is 13.0. The highest BCUT2D eigenvalue weighted by molar-refractivity contribution is 5.76. The van der Waals surface area contributed by atoms with Crippen LogP contribution >= 0.6 is 0 Å². The first kappa shape index (κ1) is 16.4. The van der Waals surface area contributed by atoms with Crippen LogP contribution in [0.15, 0.2) is 0 Å². The van der Waals surface area contributed by atoms with Crippen molar-refractivity contribution in [2.45, 2.75) is 58.5 Å². The van der Waals surface area contributed by atoms with Gasteiger partial charge in [-0.2, -0.15) is 0 Å². The second kappa shape index (κ2) is 8.54. The van der Waals surface area contributed by atoms with Crippen molar-refractivity contribution in [2.75, 3.05) is 26.7 Å². The van der Waals surface area contributed by atoms with Crippen LogP contribution in [-0.4, -0.2) is 49.6 Å². The van der Waals surface area contributed by atoms with Crippen LogP contribution < -0.4 is 10.6 Å². The number of nitrogens with zero attached hydrogens (tertiary/aromatic N) is 1. The molecule has 0 radical (unpaired) electrons. The molecule has 1 fully saturated rings. The monoisotopic (exact) mass is 269 g/mol. The van der Waals surface area contributed by atoms with Gasteiger partial charge in [0, 0.05) is 25.0 Å². The summed E-state index contributed by atoms with van der Waals surface area (Å²) < 4.78 is 0. The molecule has 0 aromatic heterocycles. The van der Waals surface area contributed by atoms with Gasteiger partial charge in [-0.1, -0.05) is 6.92 Å². The molecular weight excluding hydrogens is 238 g/mol. The molecule has 1 heterocycles. The quantitative estimate of drug-likeness (QED) is 0.738. The Morgan fingerprint density at radius 2 is 1.95 bits per heavy atom.